The van der Waals surface area contributed by atoms with Gasteiger partial charge < -0.3 is 15.4 Å². The molecule has 0 fully saturated rings. The Morgan fingerprint density at radius 1 is 1.15 bits per heavy atom. The van der Waals surface area contributed by atoms with Crippen molar-refractivity contribution in [2.75, 3.05) is 17.2 Å². The smallest absolute Gasteiger partial charge is 0.307 e. The molecule has 3 aromatic rings. The summed E-state index contributed by atoms with van der Waals surface area (Å²) in [4.78, 5) is 38.1. The summed E-state index contributed by atoms with van der Waals surface area (Å²) in [6.45, 7) is 3.15. The molecule has 1 atom stereocenters. The highest BCUT2D eigenvalue weighted by Crippen LogP contribution is 2.36. The highest BCUT2D eigenvalue weighted by atomic mass is 32.2. The summed E-state index contributed by atoms with van der Waals surface area (Å²) >= 11 is 1.29. The Morgan fingerprint density at radius 3 is 2.59 bits per heavy atom. The monoisotopic (exact) mass is 474 g/mol. The maximum Gasteiger partial charge on any atom is 0.307 e. The number of fused-ring (bicyclic) bond motifs is 1. The molecule has 0 saturated heterocycles. The Labute approximate surface area is 200 Å². The lowest BCUT2D eigenvalue weighted by atomic mass is 10.2. The molecule has 0 bridgehead atoms. The van der Waals surface area contributed by atoms with E-state index in [9.17, 15) is 19.6 Å². The number of ether oxygens (including phenoxy) is 1. The van der Waals surface area contributed by atoms with Crippen LogP contribution >= 0.6 is 11.8 Å². The van der Waals surface area contributed by atoms with Crippen molar-refractivity contribution < 1.29 is 19.1 Å². The van der Waals surface area contributed by atoms with Gasteiger partial charge in [-0.15, -0.1) is 11.8 Å². The van der Waals surface area contributed by atoms with Gasteiger partial charge in [-0.1, -0.05) is 30.3 Å². The minimum absolute atomic E-state index is 0.166. The number of nitriles is 1. The number of rotatable bonds is 6. The van der Waals surface area contributed by atoms with Crippen LogP contribution in [-0.2, 0) is 19.1 Å². The van der Waals surface area contributed by atoms with Crippen LogP contribution in [0.2, 0.25) is 0 Å². The molecule has 2 aromatic carbocycles. The van der Waals surface area contributed by atoms with Gasteiger partial charge in [0.1, 0.15) is 11.9 Å². The van der Waals surface area contributed by atoms with Crippen molar-refractivity contribution in [2.24, 2.45) is 0 Å². The topological polar surface area (TPSA) is 113 Å². The predicted molar refractivity (Wildman–Crippen MR) is 129 cm³/mol. The van der Waals surface area contributed by atoms with Crippen molar-refractivity contribution in [1.29, 1.82) is 5.26 Å². The average molecular weight is 475 g/mol. The molecule has 0 radical (unpaired) electrons. The van der Waals surface area contributed by atoms with E-state index in [-0.39, 0.29) is 12.3 Å². The van der Waals surface area contributed by atoms with Crippen LogP contribution in [0.3, 0.4) is 0 Å². The van der Waals surface area contributed by atoms with Gasteiger partial charge in [0.2, 0.25) is 5.91 Å². The van der Waals surface area contributed by atoms with Crippen molar-refractivity contribution in [3.05, 3.63) is 71.4 Å². The summed E-state index contributed by atoms with van der Waals surface area (Å²) in [5.41, 5.74) is 3.41. The second kappa shape index (κ2) is 9.85. The third-order valence-electron chi connectivity index (χ3n) is 5.52. The standard InChI is InChI=1S/C25H22N4O4S/c1-15-16(2)29(17-8-4-3-5-9-17)24(18(15)13-26)28-22(30)14-33-23(31)12-21-25(32)27-19-10-6-7-11-20(19)34-21/h3-11,21H,12,14H2,1-2H3,(H,27,32)(H,28,30). The first-order valence-electron chi connectivity index (χ1n) is 10.6. The van der Waals surface area contributed by atoms with Crippen molar-refractivity contribution >= 4 is 41.1 Å². The highest BCUT2D eigenvalue weighted by Gasteiger charge is 2.29. The first-order valence-corrected chi connectivity index (χ1v) is 11.5. The van der Waals surface area contributed by atoms with Crippen LogP contribution in [-0.4, -0.2) is 34.2 Å². The number of anilines is 2. The normalized spacial score (nSPS) is 14.5. The van der Waals surface area contributed by atoms with Crippen LogP contribution in [0.1, 0.15) is 23.2 Å². The zero-order chi connectivity index (χ0) is 24.2. The number of benzene rings is 2. The Balaban J connectivity index is 1.41. The van der Waals surface area contributed by atoms with E-state index in [4.69, 9.17) is 4.74 Å². The zero-order valence-corrected chi connectivity index (χ0v) is 19.4. The number of carbonyl (C=O) groups is 3. The highest BCUT2D eigenvalue weighted by molar-refractivity contribution is 8.01. The van der Waals surface area contributed by atoms with Crippen LogP contribution in [0.25, 0.3) is 5.69 Å². The van der Waals surface area contributed by atoms with Gasteiger partial charge in [0, 0.05) is 16.3 Å². The minimum atomic E-state index is -0.659. The number of esters is 1. The number of amides is 2. The zero-order valence-electron chi connectivity index (χ0n) is 18.6. The molecule has 0 saturated carbocycles. The molecule has 1 aliphatic rings. The second-order valence-electron chi connectivity index (χ2n) is 7.72. The molecule has 1 unspecified atom stereocenters. The van der Waals surface area contributed by atoms with Gasteiger partial charge in [-0.2, -0.15) is 5.26 Å². The molecule has 2 heterocycles. The van der Waals surface area contributed by atoms with E-state index in [0.29, 0.717) is 17.1 Å². The molecule has 34 heavy (non-hydrogen) atoms. The maximum absolute atomic E-state index is 12.6. The fraction of sp³-hybridized carbons (Fsp3) is 0.200. The molecule has 2 amide bonds. The van der Waals surface area contributed by atoms with Crippen LogP contribution in [0.5, 0.6) is 0 Å². The number of aromatic nitrogens is 1. The Hall–Kier alpha value is -4.03. The lowest BCUT2D eigenvalue weighted by Crippen LogP contribution is -2.32. The predicted octanol–water partition coefficient (Wildman–Crippen LogP) is 3.95. The third-order valence-corrected chi connectivity index (χ3v) is 6.80. The van der Waals surface area contributed by atoms with E-state index in [0.717, 1.165) is 21.8 Å². The van der Waals surface area contributed by atoms with Gasteiger partial charge in [0.05, 0.1) is 22.9 Å². The molecule has 1 aromatic heterocycles. The molecular weight excluding hydrogens is 452 g/mol. The largest absolute Gasteiger partial charge is 0.456 e. The van der Waals surface area contributed by atoms with Crippen molar-refractivity contribution in [1.82, 2.24) is 4.57 Å². The SMILES string of the molecule is Cc1c(C#N)c(NC(=O)COC(=O)CC2Sc3ccccc3NC2=O)n(-c2ccccc2)c1C. The third kappa shape index (κ3) is 4.67. The average Bonchev–Trinajstić information content (AvgIpc) is 3.07. The number of hydrogen-bond acceptors (Lipinski definition) is 6. The number of carbonyl (C=O) groups excluding carboxylic acids is 3. The summed E-state index contributed by atoms with van der Waals surface area (Å²) in [6, 6.07) is 18.8. The number of hydrogen-bond donors (Lipinski definition) is 2. The first-order chi connectivity index (χ1) is 16.4. The van der Waals surface area contributed by atoms with E-state index in [1.807, 2.05) is 62.4 Å². The Kier molecular flexibility index (Phi) is 6.70. The van der Waals surface area contributed by atoms with Crippen LogP contribution < -0.4 is 10.6 Å². The van der Waals surface area contributed by atoms with Gasteiger partial charge in [0.25, 0.3) is 5.91 Å². The van der Waals surface area contributed by atoms with Gasteiger partial charge >= 0.3 is 5.97 Å². The van der Waals surface area contributed by atoms with Gasteiger partial charge in [0.15, 0.2) is 6.61 Å². The van der Waals surface area contributed by atoms with Crippen LogP contribution in [0.15, 0.2) is 59.5 Å². The summed E-state index contributed by atoms with van der Waals surface area (Å²) in [6.07, 6.45) is -0.166. The van der Waals surface area contributed by atoms with E-state index in [1.165, 1.54) is 11.8 Å². The molecule has 2 N–H and O–H groups in total. The summed E-state index contributed by atoms with van der Waals surface area (Å²) < 4.78 is 6.92. The van der Waals surface area contributed by atoms with E-state index in [1.54, 1.807) is 10.6 Å². The summed E-state index contributed by atoms with van der Waals surface area (Å²) in [5.74, 6) is -1.20. The van der Waals surface area contributed by atoms with Gasteiger partial charge in [-0.25, -0.2) is 0 Å². The molecule has 4 rings (SSSR count). The second-order valence-corrected chi connectivity index (χ2v) is 8.97. The summed E-state index contributed by atoms with van der Waals surface area (Å²) in [5, 5.41) is 14.5. The fourth-order valence-electron chi connectivity index (χ4n) is 3.71. The number of nitrogens with one attached hydrogen (secondary N) is 2. The van der Waals surface area contributed by atoms with Gasteiger partial charge in [-0.3, -0.25) is 19.0 Å². The quantitative estimate of drug-likeness (QED) is 0.523. The number of para-hydroxylation sites is 2. The van der Waals surface area contributed by atoms with E-state index in [2.05, 4.69) is 16.7 Å². The number of thioether (sulfide) groups is 1. The van der Waals surface area contributed by atoms with Crippen LogP contribution in [0.4, 0.5) is 11.5 Å². The Morgan fingerprint density at radius 2 is 1.85 bits per heavy atom. The molecule has 9 heteroatoms. The van der Waals surface area contributed by atoms with Gasteiger partial charge in [-0.05, 0) is 43.7 Å². The minimum Gasteiger partial charge on any atom is -0.456 e. The lowest BCUT2D eigenvalue weighted by molar-refractivity contribution is -0.147. The maximum atomic E-state index is 12.6. The van der Waals surface area contributed by atoms with Crippen molar-refractivity contribution in [3.8, 4) is 11.8 Å². The van der Waals surface area contributed by atoms with Crippen molar-refractivity contribution in [3.63, 3.8) is 0 Å². The number of nitrogens with zero attached hydrogens (tertiary/aromatic N) is 2. The lowest BCUT2D eigenvalue weighted by Gasteiger charge is -2.23. The van der Waals surface area contributed by atoms with Crippen LogP contribution in [0, 0.1) is 25.2 Å². The molecule has 0 spiro atoms. The first kappa shape index (κ1) is 23.1. The summed E-state index contributed by atoms with van der Waals surface area (Å²) in [7, 11) is 0. The molecule has 172 valence electrons. The van der Waals surface area contributed by atoms with E-state index >= 15 is 0 Å². The molecule has 0 aliphatic carbocycles. The molecular formula is C25H22N4O4S. The molecule has 1 aliphatic heterocycles. The Bertz CT molecular complexity index is 1310. The van der Waals surface area contributed by atoms with E-state index < -0.39 is 23.7 Å². The van der Waals surface area contributed by atoms with Crippen molar-refractivity contribution in [2.45, 2.75) is 30.4 Å². The fourth-order valence-corrected chi connectivity index (χ4v) is 4.81. The molecule has 8 nitrogen and oxygen atoms in total.